The molecule has 2 aliphatic rings. The van der Waals surface area contributed by atoms with Gasteiger partial charge in [0.25, 0.3) is 0 Å². The van der Waals surface area contributed by atoms with Crippen molar-refractivity contribution in [2.75, 3.05) is 13.1 Å². The van der Waals surface area contributed by atoms with Crippen molar-refractivity contribution in [2.24, 2.45) is 0 Å². The molecule has 0 atom stereocenters. The minimum atomic E-state index is -0.577. The van der Waals surface area contributed by atoms with Crippen molar-refractivity contribution in [1.29, 1.82) is 0 Å². The van der Waals surface area contributed by atoms with Gasteiger partial charge in [0.2, 0.25) is 0 Å². The Kier molecular flexibility index (Phi) is 5.23. The average molecular weight is 313 g/mol. The molecule has 126 valence electrons. The maximum Gasteiger partial charge on any atom is 0.0896 e. The summed E-state index contributed by atoms with van der Waals surface area (Å²) in [6.07, 6.45) is 10.1. The molecular formula is C21H31NO. The van der Waals surface area contributed by atoms with E-state index in [0.29, 0.717) is 6.04 Å². The highest BCUT2D eigenvalue weighted by Gasteiger charge is 2.30. The van der Waals surface area contributed by atoms with Crippen molar-refractivity contribution in [3.05, 3.63) is 41.0 Å². The quantitative estimate of drug-likeness (QED) is 0.872. The van der Waals surface area contributed by atoms with Crippen LogP contribution in [0.5, 0.6) is 0 Å². The summed E-state index contributed by atoms with van der Waals surface area (Å²) in [7, 11) is 0. The van der Waals surface area contributed by atoms with E-state index in [1.54, 1.807) is 5.57 Å². The highest BCUT2D eigenvalue weighted by molar-refractivity contribution is 5.54. The number of likely N-dealkylation sites (tertiary alicyclic amines) is 1. The fourth-order valence-electron chi connectivity index (χ4n) is 4.02. The molecule has 0 unspecified atom stereocenters. The molecule has 0 amide bonds. The molecule has 0 spiro atoms. The zero-order valence-corrected chi connectivity index (χ0v) is 14.7. The second kappa shape index (κ2) is 7.19. The first-order valence-electron chi connectivity index (χ1n) is 9.33. The molecule has 1 saturated carbocycles. The maximum atomic E-state index is 10.8. The zero-order valence-electron chi connectivity index (χ0n) is 14.7. The third kappa shape index (κ3) is 4.05. The van der Waals surface area contributed by atoms with Gasteiger partial charge in [0, 0.05) is 19.1 Å². The minimum Gasteiger partial charge on any atom is -0.385 e. The Morgan fingerprint density at radius 1 is 1.00 bits per heavy atom. The predicted octanol–water partition coefficient (Wildman–Crippen LogP) is 4.73. The van der Waals surface area contributed by atoms with Gasteiger partial charge in [-0.15, -0.1) is 0 Å². The van der Waals surface area contributed by atoms with E-state index in [9.17, 15) is 5.11 Å². The lowest BCUT2D eigenvalue weighted by Crippen LogP contribution is -2.36. The lowest BCUT2D eigenvalue weighted by Gasteiger charge is -2.32. The molecule has 1 saturated heterocycles. The van der Waals surface area contributed by atoms with Crippen LogP contribution in [0.3, 0.4) is 0 Å². The SMILES string of the molecule is CC(C)N1CCC(=Cc2ccc(C3(O)CCCCC3)cc2)CC1. The Morgan fingerprint density at radius 3 is 2.17 bits per heavy atom. The summed E-state index contributed by atoms with van der Waals surface area (Å²) in [6.45, 7) is 6.93. The number of hydrogen-bond acceptors (Lipinski definition) is 2. The number of aliphatic hydroxyl groups is 1. The average Bonchev–Trinajstić information content (AvgIpc) is 2.56. The molecule has 1 N–H and O–H groups in total. The summed E-state index contributed by atoms with van der Waals surface area (Å²) in [4.78, 5) is 2.55. The van der Waals surface area contributed by atoms with Gasteiger partial charge in [0.15, 0.2) is 0 Å². The van der Waals surface area contributed by atoms with Crippen LogP contribution in [0.25, 0.3) is 6.08 Å². The largest absolute Gasteiger partial charge is 0.385 e. The van der Waals surface area contributed by atoms with Crippen LogP contribution in [0.2, 0.25) is 0 Å². The number of benzene rings is 1. The lowest BCUT2D eigenvalue weighted by atomic mass is 9.79. The van der Waals surface area contributed by atoms with Crippen molar-refractivity contribution in [3.8, 4) is 0 Å². The van der Waals surface area contributed by atoms with Gasteiger partial charge in [-0.25, -0.2) is 0 Å². The zero-order chi connectivity index (χ0) is 16.3. The van der Waals surface area contributed by atoms with E-state index in [4.69, 9.17) is 0 Å². The lowest BCUT2D eigenvalue weighted by molar-refractivity contribution is -0.000625. The number of nitrogens with zero attached hydrogens (tertiary/aromatic N) is 1. The van der Waals surface area contributed by atoms with E-state index in [1.165, 1.54) is 37.9 Å². The molecule has 3 rings (SSSR count). The van der Waals surface area contributed by atoms with Gasteiger partial charge >= 0.3 is 0 Å². The molecule has 1 aliphatic carbocycles. The molecule has 0 aromatic heterocycles. The Balaban J connectivity index is 1.65. The van der Waals surface area contributed by atoms with Crippen LogP contribution in [0.4, 0.5) is 0 Å². The van der Waals surface area contributed by atoms with Crippen LogP contribution in [0.15, 0.2) is 29.8 Å². The van der Waals surface area contributed by atoms with Crippen LogP contribution in [-0.2, 0) is 5.60 Å². The van der Waals surface area contributed by atoms with Gasteiger partial charge in [-0.2, -0.15) is 0 Å². The van der Waals surface area contributed by atoms with E-state index in [2.05, 4.69) is 49.1 Å². The second-order valence-corrected chi connectivity index (χ2v) is 7.65. The smallest absolute Gasteiger partial charge is 0.0896 e. The van der Waals surface area contributed by atoms with E-state index in [1.807, 2.05) is 0 Å². The minimum absolute atomic E-state index is 0.577. The Bertz CT molecular complexity index is 527. The van der Waals surface area contributed by atoms with E-state index in [-0.39, 0.29) is 0 Å². The normalized spacial score (nSPS) is 22.3. The van der Waals surface area contributed by atoms with Crippen molar-refractivity contribution in [3.63, 3.8) is 0 Å². The van der Waals surface area contributed by atoms with Crippen LogP contribution in [-0.4, -0.2) is 29.1 Å². The number of rotatable bonds is 3. The molecule has 0 radical (unpaired) electrons. The van der Waals surface area contributed by atoms with E-state index in [0.717, 1.165) is 31.2 Å². The maximum absolute atomic E-state index is 10.8. The molecule has 0 bridgehead atoms. The Hall–Kier alpha value is -1.12. The van der Waals surface area contributed by atoms with Crippen molar-refractivity contribution < 1.29 is 5.11 Å². The molecule has 1 aromatic rings. The summed E-state index contributed by atoms with van der Waals surface area (Å²) in [5.41, 5.74) is 3.37. The van der Waals surface area contributed by atoms with Crippen LogP contribution >= 0.6 is 0 Å². The first-order chi connectivity index (χ1) is 11.1. The standard InChI is InChI=1S/C21H31NO/c1-17(2)22-14-10-19(11-15-22)16-18-6-8-20(9-7-18)21(23)12-4-3-5-13-21/h6-9,16-17,23H,3-5,10-15H2,1-2H3. The van der Waals surface area contributed by atoms with Crippen molar-refractivity contribution in [1.82, 2.24) is 4.90 Å². The van der Waals surface area contributed by atoms with Gasteiger partial charge in [-0.3, -0.25) is 0 Å². The van der Waals surface area contributed by atoms with Gasteiger partial charge in [-0.05, 0) is 50.7 Å². The van der Waals surface area contributed by atoms with Crippen molar-refractivity contribution in [2.45, 2.75) is 70.4 Å². The molecule has 23 heavy (non-hydrogen) atoms. The van der Waals surface area contributed by atoms with Crippen LogP contribution < -0.4 is 0 Å². The summed E-state index contributed by atoms with van der Waals surface area (Å²) < 4.78 is 0. The molecule has 1 heterocycles. The van der Waals surface area contributed by atoms with E-state index < -0.39 is 5.60 Å². The highest BCUT2D eigenvalue weighted by Crippen LogP contribution is 2.37. The first-order valence-corrected chi connectivity index (χ1v) is 9.33. The number of piperidine rings is 1. The Morgan fingerprint density at radius 2 is 1.61 bits per heavy atom. The third-order valence-electron chi connectivity index (χ3n) is 5.67. The molecule has 2 nitrogen and oxygen atoms in total. The fraction of sp³-hybridized carbons (Fsp3) is 0.619. The van der Waals surface area contributed by atoms with Gasteiger partial charge in [0.1, 0.15) is 0 Å². The van der Waals surface area contributed by atoms with Crippen LogP contribution in [0.1, 0.15) is 69.9 Å². The summed E-state index contributed by atoms with van der Waals surface area (Å²) in [5, 5.41) is 10.8. The summed E-state index contributed by atoms with van der Waals surface area (Å²) in [6, 6.07) is 9.31. The van der Waals surface area contributed by atoms with Crippen LogP contribution in [0, 0.1) is 0 Å². The summed E-state index contributed by atoms with van der Waals surface area (Å²) >= 11 is 0. The molecule has 2 heteroatoms. The predicted molar refractivity (Wildman–Crippen MR) is 97.3 cm³/mol. The van der Waals surface area contributed by atoms with Gasteiger partial charge in [-0.1, -0.05) is 55.2 Å². The van der Waals surface area contributed by atoms with Gasteiger partial charge in [0.05, 0.1) is 5.60 Å². The molecule has 1 aliphatic heterocycles. The second-order valence-electron chi connectivity index (χ2n) is 7.65. The monoisotopic (exact) mass is 313 g/mol. The van der Waals surface area contributed by atoms with Crippen molar-refractivity contribution >= 4 is 6.08 Å². The van der Waals surface area contributed by atoms with Gasteiger partial charge < -0.3 is 10.0 Å². The summed E-state index contributed by atoms with van der Waals surface area (Å²) in [5.74, 6) is 0. The third-order valence-corrected chi connectivity index (χ3v) is 5.67. The first kappa shape index (κ1) is 16.7. The topological polar surface area (TPSA) is 23.5 Å². The number of hydrogen-bond donors (Lipinski definition) is 1. The molecular weight excluding hydrogens is 282 g/mol. The Labute approximate surface area is 141 Å². The van der Waals surface area contributed by atoms with E-state index >= 15 is 0 Å². The molecule has 2 fully saturated rings. The molecule has 1 aromatic carbocycles. The fourth-order valence-corrected chi connectivity index (χ4v) is 4.02. The highest BCUT2D eigenvalue weighted by atomic mass is 16.3.